The van der Waals surface area contributed by atoms with Gasteiger partial charge in [0.15, 0.2) is 0 Å². The van der Waals surface area contributed by atoms with Gasteiger partial charge in [-0.25, -0.2) is 0 Å². The van der Waals surface area contributed by atoms with E-state index in [4.69, 9.17) is 5.11 Å². The van der Waals surface area contributed by atoms with Crippen LogP contribution in [0.2, 0.25) is 0 Å². The fourth-order valence-corrected chi connectivity index (χ4v) is 0.530. The smallest absolute Gasteiger partial charge is 0.314 e. The highest BCUT2D eigenvalue weighted by atomic mass is 16.5. The van der Waals surface area contributed by atoms with E-state index in [1.165, 1.54) is 6.26 Å². The third kappa shape index (κ3) is 6.80. The summed E-state index contributed by atoms with van der Waals surface area (Å²) in [7, 11) is 0. The SMILES string of the molecule is CCCC(=O)O.O=C1CC=CO1. The van der Waals surface area contributed by atoms with E-state index in [2.05, 4.69) is 4.74 Å². The first-order valence-corrected chi connectivity index (χ1v) is 3.73. The summed E-state index contributed by atoms with van der Waals surface area (Å²) in [5.41, 5.74) is 0. The second-order valence-corrected chi connectivity index (χ2v) is 2.21. The van der Waals surface area contributed by atoms with Crippen LogP contribution in [0.4, 0.5) is 0 Å². The van der Waals surface area contributed by atoms with Crippen molar-refractivity contribution in [2.45, 2.75) is 26.2 Å². The number of hydrogen-bond donors (Lipinski definition) is 1. The molecule has 0 amide bonds. The second kappa shape index (κ2) is 6.39. The molecule has 12 heavy (non-hydrogen) atoms. The van der Waals surface area contributed by atoms with Gasteiger partial charge >= 0.3 is 11.9 Å². The first-order chi connectivity index (χ1) is 5.66. The summed E-state index contributed by atoms with van der Waals surface area (Å²) in [5.74, 6) is -0.868. The Morgan fingerprint density at radius 2 is 2.42 bits per heavy atom. The number of carbonyl (C=O) groups is 2. The molecule has 0 spiro atoms. The minimum absolute atomic E-state index is 0.157. The highest BCUT2D eigenvalue weighted by Gasteiger charge is 2.00. The Bertz CT molecular complexity index is 173. The van der Waals surface area contributed by atoms with Crippen LogP contribution in [0.1, 0.15) is 26.2 Å². The Labute approximate surface area is 70.8 Å². The number of ether oxygens (including phenoxy) is 1. The zero-order chi connectivity index (χ0) is 9.40. The van der Waals surface area contributed by atoms with E-state index in [1.807, 2.05) is 6.92 Å². The zero-order valence-electron chi connectivity index (χ0n) is 6.95. The Morgan fingerprint density at radius 1 is 1.75 bits per heavy atom. The molecule has 1 aliphatic heterocycles. The van der Waals surface area contributed by atoms with Crippen molar-refractivity contribution < 1.29 is 19.4 Å². The predicted octanol–water partition coefficient (Wildman–Crippen LogP) is 1.32. The van der Waals surface area contributed by atoms with Crippen molar-refractivity contribution in [3.8, 4) is 0 Å². The van der Waals surface area contributed by atoms with E-state index in [9.17, 15) is 9.59 Å². The van der Waals surface area contributed by atoms with Crippen LogP contribution in [-0.2, 0) is 14.3 Å². The molecule has 0 fully saturated rings. The van der Waals surface area contributed by atoms with Gasteiger partial charge in [-0.1, -0.05) is 6.92 Å². The fourth-order valence-electron chi connectivity index (χ4n) is 0.530. The Balaban J connectivity index is 0.000000202. The summed E-state index contributed by atoms with van der Waals surface area (Å²) in [5, 5.41) is 7.91. The third-order valence-corrected chi connectivity index (χ3v) is 1.04. The first kappa shape index (κ1) is 10.7. The summed E-state index contributed by atoms with van der Waals surface area (Å²) < 4.78 is 4.33. The lowest BCUT2D eigenvalue weighted by Crippen LogP contribution is -1.90. The standard InChI is InChI=1S/C4H4O2.C4H8O2/c5-4-2-1-3-6-4;1-2-3-4(5)6/h1,3H,2H2;2-3H2,1H3,(H,5,6). The van der Waals surface area contributed by atoms with Crippen LogP contribution in [0.15, 0.2) is 12.3 Å². The molecule has 0 bridgehead atoms. The van der Waals surface area contributed by atoms with E-state index in [-0.39, 0.29) is 5.97 Å². The van der Waals surface area contributed by atoms with Crippen molar-refractivity contribution in [3.05, 3.63) is 12.3 Å². The van der Waals surface area contributed by atoms with Gasteiger partial charge in [0, 0.05) is 6.42 Å². The number of carboxylic acid groups (broad SMARTS) is 1. The molecule has 0 aromatic heterocycles. The van der Waals surface area contributed by atoms with Gasteiger partial charge in [-0.15, -0.1) is 0 Å². The van der Waals surface area contributed by atoms with Gasteiger partial charge < -0.3 is 9.84 Å². The van der Waals surface area contributed by atoms with Crippen LogP contribution in [0.5, 0.6) is 0 Å². The van der Waals surface area contributed by atoms with E-state index in [1.54, 1.807) is 6.08 Å². The molecular weight excluding hydrogens is 160 g/mol. The maximum Gasteiger partial charge on any atom is 0.314 e. The second-order valence-electron chi connectivity index (χ2n) is 2.21. The number of aliphatic carboxylic acids is 1. The van der Waals surface area contributed by atoms with E-state index in [0.29, 0.717) is 12.8 Å². The molecule has 0 aromatic rings. The lowest BCUT2D eigenvalue weighted by Gasteiger charge is -1.79. The molecule has 0 unspecified atom stereocenters. The summed E-state index contributed by atoms with van der Waals surface area (Å²) in [6, 6.07) is 0. The van der Waals surface area contributed by atoms with Crippen LogP contribution in [0.25, 0.3) is 0 Å². The Hall–Kier alpha value is -1.32. The molecule has 4 nitrogen and oxygen atoms in total. The summed E-state index contributed by atoms with van der Waals surface area (Å²) in [6.07, 6.45) is 4.56. The summed E-state index contributed by atoms with van der Waals surface area (Å²) >= 11 is 0. The normalized spacial score (nSPS) is 13.2. The molecular formula is C8H12O4. The largest absolute Gasteiger partial charge is 0.481 e. The molecule has 1 aliphatic rings. The number of rotatable bonds is 2. The van der Waals surface area contributed by atoms with Crippen LogP contribution < -0.4 is 0 Å². The zero-order valence-corrected chi connectivity index (χ0v) is 6.95. The van der Waals surface area contributed by atoms with E-state index < -0.39 is 5.97 Å². The quantitative estimate of drug-likeness (QED) is 0.638. The topological polar surface area (TPSA) is 63.6 Å². The molecule has 0 saturated heterocycles. The number of cyclic esters (lactones) is 1. The molecule has 0 atom stereocenters. The van der Waals surface area contributed by atoms with Crippen molar-refractivity contribution in [3.63, 3.8) is 0 Å². The maximum atomic E-state index is 9.96. The molecule has 0 aliphatic carbocycles. The lowest BCUT2D eigenvalue weighted by atomic mass is 10.4. The van der Waals surface area contributed by atoms with Crippen molar-refractivity contribution in [2.75, 3.05) is 0 Å². The van der Waals surface area contributed by atoms with E-state index in [0.717, 1.165) is 6.42 Å². The van der Waals surface area contributed by atoms with Crippen molar-refractivity contribution in [2.24, 2.45) is 0 Å². The first-order valence-electron chi connectivity index (χ1n) is 3.73. The van der Waals surface area contributed by atoms with Gasteiger partial charge in [0.1, 0.15) is 0 Å². The van der Waals surface area contributed by atoms with Crippen LogP contribution in [0, 0.1) is 0 Å². The molecule has 0 aromatic carbocycles. The summed E-state index contributed by atoms with van der Waals surface area (Å²) in [6.45, 7) is 1.84. The molecule has 0 radical (unpaired) electrons. The number of carboxylic acids is 1. The monoisotopic (exact) mass is 172 g/mol. The van der Waals surface area contributed by atoms with Gasteiger partial charge in [0.25, 0.3) is 0 Å². The molecule has 1 heterocycles. The fraction of sp³-hybridized carbons (Fsp3) is 0.500. The number of hydrogen-bond acceptors (Lipinski definition) is 3. The Morgan fingerprint density at radius 3 is 2.50 bits per heavy atom. The Kier molecular flexibility index (Phi) is 5.69. The minimum atomic E-state index is -0.711. The third-order valence-electron chi connectivity index (χ3n) is 1.04. The number of esters is 1. The molecule has 1 rings (SSSR count). The molecule has 4 heteroatoms. The maximum absolute atomic E-state index is 9.96. The average Bonchev–Trinajstić information content (AvgIpc) is 2.40. The minimum Gasteiger partial charge on any atom is -0.481 e. The van der Waals surface area contributed by atoms with Gasteiger partial charge in [-0.2, -0.15) is 0 Å². The molecule has 1 N–H and O–H groups in total. The van der Waals surface area contributed by atoms with Crippen molar-refractivity contribution in [1.82, 2.24) is 0 Å². The van der Waals surface area contributed by atoms with Gasteiger partial charge in [0.05, 0.1) is 12.7 Å². The van der Waals surface area contributed by atoms with Crippen LogP contribution >= 0.6 is 0 Å². The van der Waals surface area contributed by atoms with Crippen molar-refractivity contribution in [1.29, 1.82) is 0 Å². The highest BCUT2D eigenvalue weighted by molar-refractivity contribution is 5.73. The van der Waals surface area contributed by atoms with Gasteiger partial charge in [0.2, 0.25) is 0 Å². The highest BCUT2D eigenvalue weighted by Crippen LogP contribution is 1.96. The lowest BCUT2D eigenvalue weighted by molar-refractivity contribution is -0.137. The molecule has 68 valence electrons. The molecule has 0 saturated carbocycles. The van der Waals surface area contributed by atoms with Gasteiger partial charge in [-0.05, 0) is 12.5 Å². The number of carbonyl (C=O) groups excluding carboxylic acids is 1. The van der Waals surface area contributed by atoms with Crippen LogP contribution in [0.3, 0.4) is 0 Å². The van der Waals surface area contributed by atoms with Crippen molar-refractivity contribution >= 4 is 11.9 Å². The van der Waals surface area contributed by atoms with Crippen LogP contribution in [-0.4, -0.2) is 17.0 Å². The summed E-state index contributed by atoms with van der Waals surface area (Å²) in [4.78, 5) is 19.6. The van der Waals surface area contributed by atoms with Gasteiger partial charge in [-0.3, -0.25) is 9.59 Å². The average molecular weight is 172 g/mol. The van der Waals surface area contributed by atoms with E-state index >= 15 is 0 Å². The predicted molar refractivity (Wildman–Crippen MR) is 42.4 cm³/mol.